The molecule has 50 heavy (non-hydrogen) atoms. The Morgan fingerprint density at radius 2 is 1.20 bits per heavy atom. The summed E-state index contributed by atoms with van der Waals surface area (Å²) in [7, 11) is 0. The summed E-state index contributed by atoms with van der Waals surface area (Å²) in [5, 5.41) is 24.4. The van der Waals surface area contributed by atoms with E-state index in [1.54, 1.807) is 9.80 Å². The number of aromatic amines is 1. The maximum absolute atomic E-state index is 12.3. The topological polar surface area (TPSA) is 196 Å². The molecule has 14 nitrogen and oxygen atoms in total. The Labute approximate surface area is 317 Å². The van der Waals surface area contributed by atoms with Gasteiger partial charge in [-0.3, -0.25) is 4.91 Å². The zero-order chi connectivity index (χ0) is 35.4. The SMILES string of the molecule is C.CC(C)(C)OC(=O)N1CCC(C#N)(c2ccccc2)CC1.CC(C)(C)OC(=O)N1CCC(c2ccccc2)(c2nn[nH]n2)CC1.[N-]=[N+]=[N-].[Na+]. The number of rotatable bonds is 3. The fraction of sp³-hybridized carbons (Fsp3) is 0.543. The van der Waals surface area contributed by atoms with Crippen LogP contribution in [0.25, 0.3) is 16.0 Å². The van der Waals surface area contributed by atoms with E-state index in [1.807, 2.05) is 90.1 Å². The maximum Gasteiger partial charge on any atom is 1.00 e. The molecule has 3 aromatic rings. The minimum Gasteiger partial charge on any atom is -0.444 e. The Kier molecular flexibility index (Phi) is 16.9. The van der Waals surface area contributed by atoms with Gasteiger partial charge in [-0.15, -0.1) is 10.2 Å². The Hall–Kier alpha value is -4.15. The van der Waals surface area contributed by atoms with Gasteiger partial charge in [-0.25, -0.2) is 9.59 Å². The first-order valence-corrected chi connectivity index (χ1v) is 15.9. The molecule has 2 aliphatic rings. The minimum atomic E-state index is -0.487. The maximum atomic E-state index is 12.3. The molecule has 15 heteroatoms. The Morgan fingerprint density at radius 3 is 1.56 bits per heavy atom. The number of H-pyrrole nitrogens is 1. The van der Waals surface area contributed by atoms with E-state index in [9.17, 15) is 14.9 Å². The third-order valence-corrected chi connectivity index (χ3v) is 8.18. The van der Waals surface area contributed by atoms with E-state index >= 15 is 0 Å². The molecule has 2 aromatic carbocycles. The van der Waals surface area contributed by atoms with E-state index in [1.165, 1.54) is 4.91 Å². The van der Waals surface area contributed by atoms with Crippen LogP contribution in [-0.2, 0) is 20.3 Å². The Bertz CT molecular complexity index is 1530. The second-order valence-corrected chi connectivity index (χ2v) is 13.8. The van der Waals surface area contributed by atoms with Crippen LogP contribution in [0.15, 0.2) is 60.7 Å². The van der Waals surface area contributed by atoms with Crippen LogP contribution in [0.3, 0.4) is 0 Å². The van der Waals surface area contributed by atoms with Gasteiger partial charge in [0, 0.05) is 26.2 Å². The number of hydrogen-bond acceptors (Lipinski definition) is 8. The van der Waals surface area contributed by atoms with Gasteiger partial charge in [0.15, 0.2) is 5.82 Å². The van der Waals surface area contributed by atoms with Gasteiger partial charge < -0.3 is 30.3 Å². The number of nitriles is 1. The van der Waals surface area contributed by atoms with Crippen LogP contribution in [0.4, 0.5) is 9.59 Å². The van der Waals surface area contributed by atoms with Crippen LogP contribution < -0.4 is 29.6 Å². The molecule has 0 saturated carbocycles. The third kappa shape index (κ3) is 12.0. The van der Waals surface area contributed by atoms with Crippen molar-refractivity contribution in [3.8, 4) is 6.07 Å². The Morgan fingerprint density at radius 1 is 0.800 bits per heavy atom. The number of likely N-dealkylation sites (tertiary alicyclic amines) is 2. The smallest absolute Gasteiger partial charge is 0.444 e. The molecule has 2 saturated heterocycles. The number of carbonyl (C=O) groups is 2. The summed E-state index contributed by atoms with van der Waals surface area (Å²) >= 11 is 0. The summed E-state index contributed by atoms with van der Waals surface area (Å²) < 4.78 is 10.9. The standard InChI is InChI=1S/C17H23N5O2.C17H22N2O2.CH4.N3.Na/c1-16(2,3)24-15(23)22-11-9-17(10-12-22,14-18-20-21-19-14)13-7-5-4-6-8-13;1-16(2,3)21-15(20)19-11-9-17(13-18,10-12-19)14-7-5-4-6-8-14;;1-3-2;/h4-8H,9-12H2,1-3H3,(H,18,19,20,21);4-8H,9-12H2,1-3H3;1H4;;/q;;;-1;+1. The van der Waals surface area contributed by atoms with Crippen molar-refractivity contribution < 1.29 is 48.6 Å². The molecule has 1 N–H and O–H groups in total. The van der Waals surface area contributed by atoms with Crippen molar-refractivity contribution in [2.75, 3.05) is 26.2 Å². The summed E-state index contributed by atoms with van der Waals surface area (Å²) in [4.78, 5) is 29.3. The van der Waals surface area contributed by atoms with Crippen LogP contribution in [0.2, 0.25) is 0 Å². The number of aromatic nitrogens is 4. The van der Waals surface area contributed by atoms with E-state index in [0.29, 0.717) is 44.8 Å². The van der Waals surface area contributed by atoms with Gasteiger partial charge in [-0.05, 0) is 78.4 Å². The van der Waals surface area contributed by atoms with E-state index < -0.39 is 16.6 Å². The molecular weight excluding hydrogens is 647 g/mol. The van der Waals surface area contributed by atoms with Crippen molar-refractivity contribution in [1.29, 1.82) is 5.26 Å². The molecule has 5 rings (SSSR count). The van der Waals surface area contributed by atoms with Crippen LogP contribution >= 0.6 is 0 Å². The van der Waals surface area contributed by atoms with E-state index in [0.717, 1.165) is 24.0 Å². The molecule has 0 spiro atoms. The molecule has 2 amide bonds. The van der Waals surface area contributed by atoms with Crippen LogP contribution in [0.5, 0.6) is 0 Å². The van der Waals surface area contributed by atoms with Crippen molar-refractivity contribution in [3.05, 3.63) is 93.6 Å². The molecule has 264 valence electrons. The fourth-order valence-electron chi connectivity index (χ4n) is 5.78. The predicted molar refractivity (Wildman–Crippen MR) is 186 cm³/mol. The molecule has 0 bridgehead atoms. The minimum absolute atomic E-state index is 0. The average molecular weight is 697 g/mol. The predicted octanol–water partition coefficient (Wildman–Crippen LogP) is 4.50. The first-order chi connectivity index (χ1) is 22.7. The monoisotopic (exact) mass is 696 g/mol. The van der Waals surface area contributed by atoms with Crippen molar-refractivity contribution in [2.45, 2.75) is 96.7 Å². The molecule has 0 radical (unpaired) electrons. The number of piperidine rings is 2. The quantitative estimate of drug-likeness (QED) is 0.179. The first-order valence-electron chi connectivity index (χ1n) is 15.9. The van der Waals surface area contributed by atoms with Crippen LogP contribution in [0.1, 0.15) is 91.6 Å². The second kappa shape index (κ2) is 19.3. The number of nitrogens with zero attached hydrogens (tertiary/aromatic N) is 9. The summed E-state index contributed by atoms with van der Waals surface area (Å²) in [5.74, 6) is 0.678. The van der Waals surface area contributed by atoms with Gasteiger partial charge in [0.2, 0.25) is 0 Å². The summed E-state index contributed by atoms with van der Waals surface area (Å²) in [6.45, 7) is 13.5. The number of carbonyl (C=O) groups excluding carboxylic acids is 2. The van der Waals surface area contributed by atoms with Gasteiger partial charge in [0.25, 0.3) is 0 Å². The molecule has 3 heterocycles. The first kappa shape index (κ1) is 43.9. The van der Waals surface area contributed by atoms with E-state index in [-0.39, 0.29) is 54.6 Å². The van der Waals surface area contributed by atoms with Crippen molar-refractivity contribution in [2.24, 2.45) is 0 Å². The van der Waals surface area contributed by atoms with Gasteiger partial charge >= 0.3 is 41.7 Å². The molecule has 0 atom stereocenters. The number of amides is 2. The molecule has 1 aromatic heterocycles. The zero-order valence-electron chi connectivity index (χ0n) is 29.6. The van der Waals surface area contributed by atoms with Crippen molar-refractivity contribution in [3.63, 3.8) is 0 Å². The van der Waals surface area contributed by atoms with Crippen LogP contribution in [-0.4, -0.2) is 80.0 Å². The summed E-state index contributed by atoms with van der Waals surface area (Å²) in [6, 6.07) is 22.5. The second-order valence-electron chi connectivity index (χ2n) is 13.8. The summed E-state index contributed by atoms with van der Waals surface area (Å²) in [6.07, 6.45) is 2.20. The van der Waals surface area contributed by atoms with Gasteiger partial charge in [0.05, 0.1) is 16.9 Å². The van der Waals surface area contributed by atoms with Gasteiger partial charge in [0.1, 0.15) is 11.2 Å². The molecule has 0 unspecified atom stereocenters. The van der Waals surface area contributed by atoms with E-state index in [2.05, 4.69) is 38.8 Å². The van der Waals surface area contributed by atoms with Gasteiger partial charge in [-0.1, -0.05) is 73.3 Å². The summed E-state index contributed by atoms with van der Waals surface area (Å²) in [5.41, 5.74) is 13.9. The molecule has 2 fully saturated rings. The normalized spacial score (nSPS) is 16.1. The largest absolute Gasteiger partial charge is 1.00 e. The van der Waals surface area contributed by atoms with Crippen molar-refractivity contribution >= 4 is 12.2 Å². The number of ether oxygens (including phenoxy) is 2. The van der Waals surface area contributed by atoms with Gasteiger partial charge in [-0.2, -0.15) is 10.5 Å². The Balaban J connectivity index is 0.000000450. The number of benzene rings is 2. The van der Waals surface area contributed by atoms with E-state index in [4.69, 9.17) is 20.5 Å². The molecule has 2 aliphatic heterocycles. The third-order valence-electron chi connectivity index (χ3n) is 8.18. The number of nitrogens with one attached hydrogen (secondary N) is 1. The fourth-order valence-corrected chi connectivity index (χ4v) is 5.78. The zero-order valence-corrected chi connectivity index (χ0v) is 31.6. The molecular formula is C35H49N10NaO4. The number of tetrazole rings is 1. The average Bonchev–Trinajstić information content (AvgIpc) is 3.61. The van der Waals surface area contributed by atoms with Crippen molar-refractivity contribution in [1.82, 2.24) is 30.4 Å². The number of hydrogen-bond donors (Lipinski definition) is 1. The molecule has 0 aliphatic carbocycles. The van der Waals surface area contributed by atoms with Crippen LogP contribution in [0, 0.1) is 11.3 Å².